The first-order valence-electron chi connectivity index (χ1n) is 9.68. The molecular formula is C21H21N5O4. The summed E-state index contributed by atoms with van der Waals surface area (Å²) in [7, 11) is 0. The molecule has 2 aliphatic rings. The van der Waals surface area contributed by atoms with Crippen LogP contribution in [0.2, 0.25) is 0 Å². The van der Waals surface area contributed by atoms with Gasteiger partial charge in [0, 0.05) is 16.6 Å². The van der Waals surface area contributed by atoms with Crippen LogP contribution < -0.4 is 9.80 Å². The van der Waals surface area contributed by atoms with Gasteiger partial charge in [-0.25, -0.2) is 9.59 Å². The lowest BCUT2D eigenvalue weighted by Gasteiger charge is -2.22. The number of benzene rings is 2. The van der Waals surface area contributed by atoms with Gasteiger partial charge in [-0.1, -0.05) is 35.4 Å². The Labute approximate surface area is 173 Å². The van der Waals surface area contributed by atoms with E-state index in [2.05, 4.69) is 10.0 Å². The van der Waals surface area contributed by atoms with Gasteiger partial charge in [-0.05, 0) is 48.2 Å². The summed E-state index contributed by atoms with van der Waals surface area (Å²) in [6.07, 6.45) is -0.676. The number of rotatable bonds is 5. The third kappa shape index (κ3) is 3.88. The van der Waals surface area contributed by atoms with Crippen molar-refractivity contribution in [1.82, 2.24) is 0 Å². The molecule has 2 aromatic carbocycles. The average Bonchev–Trinajstić information content (AvgIpc) is 3.29. The topological polar surface area (TPSA) is 108 Å². The maximum atomic E-state index is 12.7. The van der Waals surface area contributed by atoms with Gasteiger partial charge in [-0.2, -0.15) is 0 Å². The van der Waals surface area contributed by atoms with E-state index in [0.717, 1.165) is 16.8 Å². The molecule has 1 fully saturated rings. The highest BCUT2D eigenvalue weighted by atomic mass is 16.6. The molecule has 0 N–H and O–H groups in total. The molecule has 0 saturated carbocycles. The Morgan fingerprint density at radius 1 is 1.30 bits per heavy atom. The normalized spacial score (nSPS) is 19.8. The highest BCUT2D eigenvalue weighted by molar-refractivity contribution is 5.94. The number of carbonyl (C=O) groups excluding carboxylic acids is 2. The van der Waals surface area contributed by atoms with E-state index in [1.807, 2.05) is 49.4 Å². The van der Waals surface area contributed by atoms with Gasteiger partial charge in [0.2, 0.25) is 0 Å². The molecule has 1 saturated heterocycles. The van der Waals surface area contributed by atoms with Crippen molar-refractivity contribution in [3.8, 4) is 0 Å². The minimum Gasteiger partial charge on any atom is -0.444 e. The first-order chi connectivity index (χ1) is 14.6. The lowest BCUT2D eigenvalue weighted by atomic mass is 10.1. The summed E-state index contributed by atoms with van der Waals surface area (Å²) < 4.78 is 10.7. The van der Waals surface area contributed by atoms with Gasteiger partial charge >= 0.3 is 12.2 Å². The number of cyclic esters (lactones) is 1. The summed E-state index contributed by atoms with van der Waals surface area (Å²) in [4.78, 5) is 30.8. The second-order valence-electron chi connectivity index (χ2n) is 7.31. The quantitative estimate of drug-likeness (QED) is 0.415. The molecule has 9 nitrogen and oxygen atoms in total. The number of amides is 2. The first kappa shape index (κ1) is 19.6. The number of carbonyl (C=O) groups is 2. The molecule has 4 rings (SSSR count). The maximum absolute atomic E-state index is 12.7. The monoisotopic (exact) mass is 407 g/mol. The van der Waals surface area contributed by atoms with Gasteiger partial charge in [0.25, 0.3) is 0 Å². The highest BCUT2D eigenvalue weighted by Gasteiger charge is 2.35. The van der Waals surface area contributed by atoms with Gasteiger partial charge in [0.15, 0.2) is 0 Å². The molecule has 2 heterocycles. The number of nitrogens with zero attached hydrogens (tertiary/aromatic N) is 5. The Bertz CT molecular complexity index is 1010. The van der Waals surface area contributed by atoms with Crippen LogP contribution in [0.4, 0.5) is 21.0 Å². The van der Waals surface area contributed by atoms with Gasteiger partial charge < -0.3 is 9.47 Å². The Kier molecular flexibility index (Phi) is 5.45. The van der Waals surface area contributed by atoms with Crippen molar-refractivity contribution >= 4 is 23.6 Å². The van der Waals surface area contributed by atoms with Gasteiger partial charge in [0.1, 0.15) is 12.7 Å². The largest absolute Gasteiger partial charge is 0.444 e. The summed E-state index contributed by atoms with van der Waals surface area (Å²) in [6, 6.07) is 15.0. The second-order valence-corrected chi connectivity index (χ2v) is 7.31. The summed E-state index contributed by atoms with van der Waals surface area (Å²) in [6.45, 7) is 2.59. The van der Waals surface area contributed by atoms with Crippen LogP contribution in [0.1, 0.15) is 18.1 Å². The molecule has 0 unspecified atom stereocenters. The van der Waals surface area contributed by atoms with Crippen LogP contribution in [0.3, 0.4) is 0 Å². The standard InChI is InChI=1S/C21H21N5O4/c1-14-9-16-10-17(25-12-18(11-23-24-22)30-20(25)27)7-8-19(16)26(14)21(28)29-13-15-5-3-2-4-6-15/h2-8,10,14,18H,9,11-13H2,1H3/t14-,18+/m1/s1. The minimum atomic E-state index is -0.474. The van der Waals surface area contributed by atoms with Gasteiger partial charge in [0.05, 0.1) is 18.8 Å². The molecule has 0 aliphatic carbocycles. The predicted octanol–water partition coefficient (Wildman–Crippen LogP) is 4.41. The van der Waals surface area contributed by atoms with Gasteiger partial charge in [-0.3, -0.25) is 9.80 Å². The molecule has 154 valence electrons. The second kappa shape index (κ2) is 8.34. The molecule has 2 atom stereocenters. The number of hydrogen-bond acceptors (Lipinski definition) is 5. The van der Waals surface area contributed by atoms with Crippen LogP contribution in [0, 0.1) is 0 Å². The Balaban J connectivity index is 1.47. The van der Waals surface area contributed by atoms with Crippen molar-refractivity contribution < 1.29 is 19.1 Å². The van der Waals surface area contributed by atoms with Crippen LogP contribution in [0.15, 0.2) is 53.6 Å². The lowest BCUT2D eigenvalue weighted by molar-refractivity contribution is 0.144. The molecule has 2 aromatic rings. The number of azide groups is 1. The van der Waals surface area contributed by atoms with E-state index in [4.69, 9.17) is 15.0 Å². The Morgan fingerprint density at radius 3 is 2.87 bits per heavy atom. The van der Waals surface area contributed by atoms with Crippen molar-refractivity contribution in [2.75, 3.05) is 22.9 Å². The summed E-state index contributed by atoms with van der Waals surface area (Å²) in [5, 5.41) is 3.47. The summed E-state index contributed by atoms with van der Waals surface area (Å²) in [5.74, 6) is 0. The van der Waals surface area contributed by atoms with E-state index >= 15 is 0 Å². The SMILES string of the molecule is C[C@@H]1Cc2cc(N3C[C@H](CN=[N+]=[N-])OC3=O)ccc2N1C(=O)OCc1ccccc1. The Hall–Kier alpha value is -3.71. The van der Waals surface area contributed by atoms with Crippen LogP contribution in [0.25, 0.3) is 10.4 Å². The maximum Gasteiger partial charge on any atom is 0.414 e. The van der Waals surface area contributed by atoms with E-state index in [-0.39, 0.29) is 19.2 Å². The third-order valence-electron chi connectivity index (χ3n) is 5.21. The number of anilines is 2. The minimum absolute atomic E-state index is 0.0539. The van der Waals surface area contributed by atoms with Crippen LogP contribution in [-0.2, 0) is 22.5 Å². The van der Waals surface area contributed by atoms with Crippen molar-refractivity contribution in [3.63, 3.8) is 0 Å². The lowest BCUT2D eigenvalue weighted by Crippen LogP contribution is -2.36. The first-order valence-corrected chi connectivity index (χ1v) is 9.68. The van der Waals surface area contributed by atoms with Crippen LogP contribution >= 0.6 is 0 Å². The molecule has 0 spiro atoms. The highest BCUT2D eigenvalue weighted by Crippen LogP contribution is 2.36. The zero-order valence-corrected chi connectivity index (χ0v) is 16.5. The van der Waals surface area contributed by atoms with Crippen LogP contribution in [-0.4, -0.2) is 37.4 Å². The fourth-order valence-corrected chi connectivity index (χ4v) is 3.81. The van der Waals surface area contributed by atoms with E-state index in [1.54, 1.807) is 11.0 Å². The van der Waals surface area contributed by atoms with E-state index < -0.39 is 18.3 Å². The Morgan fingerprint density at radius 2 is 2.10 bits per heavy atom. The van der Waals surface area contributed by atoms with E-state index in [0.29, 0.717) is 18.7 Å². The van der Waals surface area contributed by atoms with Gasteiger partial charge in [-0.15, -0.1) is 0 Å². The predicted molar refractivity (Wildman–Crippen MR) is 110 cm³/mol. The fourth-order valence-electron chi connectivity index (χ4n) is 3.81. The fraction of sp³-hybridized carbons (Fsp3) is 0.333. The number of ether oxygens (including phenoxy) is 2. The van der Waals surface area contributed by atoms with E-state index in [1.165, 1.54) is 4.90 Å². The molecule has 0 aromatic heterocycles. The van der Waals surface area contributed by atoms with Crippen molar-refractivity contribution in [3.05, 3.63) is 70.1 Å². The van der Waals surface area contributed by atoms with Crippen molar-refractivity contribution in [2.24, 2.45) is 5.11 Å². The molecule has 2 aliphatic heterocycles. The molecule has 0 bridgehead atoms. The molecule has 9 heteroatoms. The van der Waals surface area contributed by atoms with E-state index in [9.17, 15) is 9.59 Å². The van der Waals surface area contributed by atoms with Crippen molar-refractivity contribution in [2.45, 2.75) is 32.1 Å². The van der Waals surface area contributed by atoms with Crippen LogP contribution in [0.5, 0.6) is 0 Å². The zero-order chi connectivity index (χ0) is 21.1. The smallest absolute Gasteiger partial charge is 0.414 e. The average molecular weight is 407 g/mol. The van der Waals surface area contributed by atoms with Crippen molar-refractivity contribution in [1.29, 1.82) is 0 Å². The zero-order valence-electron chi connectivity index (χ0n) is 16.5. The molecule has 2 amide bonds. The summed E-state index contributed by atoms with van der Waals surface area (Å²) >= 11 is 0. The summed E-state index contributed by atoms with van der Waals surface area (Å²) in [5.41, 5.74) is 11.8. The number of fused-ring (bicyclic) bond motifs is 1. The molecular weight excluding hydrogens is 386 g/mol. The molecule has 30 heavy (non-hydrogen) atoms. The third-order valence-corrected chi connectivity index (χ3v) is 5.21. The molecule has 0 radical (unpaired) electrons. The number of hydrogen-bond donors (Lipinski definition) is 0.